The van der Waals surface area contributed by atoms with Crippen molar-refractivity contribution in [3.8, 4) is 0 Å². The Bertz CT molecular complexity index is 434. The maximum atomic E-state index is 11.9. The molecule has 4 heteroatoms. The molecule has 0 radical (unpaired) electrons. The molecule has 0 N–H and O–H groups in total. The highest BCUT2D eigenvalue weighted by Gasteiger charge is 2.27. The van der Waals surface area contributed by atoms with Gasteiger partial charge in [-0.25, -0.2) is 14.8 Å². The van der Waals surface area contributed by atoms with E-state index in [1.54, 1.807) is 6.92 Å². The van der Waals surface area contributed by atoms with Crippen molar-refractivity contribution in [1.29, 1.82) is 0 Å². The molecule has 0 fully saturated rings. The van der Waals surface area contributed by atoms with Gasteiger partial charge in [0, 0.05) is 5.41 Å². The van der Waals surface area contributed by atoms with Gasteiger partial charge in [-0.05, 0) is 20.8 Å². The Hall–Kier alpha value is -1.45. The molecule has 94 valence electrons. The van der Waals surface area contributed by atoms with Crippen molar-refractivity contribution in [2.24, 2.45) is 0 Å². The number of esters is 1. The number of nitrogens with zero attached hydrogens (tertiary/aromatic N) is 2. The topological polar surface area (TPSA) is 52.1 Å². The number of carbonyl (C=O) groups is 1. The van der Waals surface area contributed by atoms with Crippen LogP contribution in [0.25, 0.3) is 0 Å². The fraction of sp³-hybridized carbons (Fsp3) is 0.615. The molecule has 0 unspecified atom stereocenters. The first-order valence-electron chi connectivity index (χ1n) is 5.80. The second-order valence-corrected chi connectivity index (χ2v) is 5.05. The van der Waals surface area contributed by atoms with E-state index in [1.807, 2.05) is 34.6 Å². The third kappa shape index (κ3) is 3.02. The molecule has 0 aromatic carbocycles. The van der Waals surface area contributed by atoms with Gasteiger partial charge in [0.1, 0.15) is 11.4 Å². The van der Waals surface area contributed by atoms with E-state index < -0.39 is 0 Å². The minimum atomic E-state index is -0.338. The summed E-state index contributed by atoms with van der Waals surface area (Å²) in [6.45, 7) is 11.9. The molecule has 0 amide bonds. The maximum Gasteiger partial charge on any atom is 0.341 e. The van der Waals surface area contributed by atoms with Gasteiger partial charge in [0.2, 0.25) is 0 Å². The zero-order valence-electron chi connectivity index (χ0n) is 11.4. The summed E-state index contributed by atoms with van der Waals surface area (Å²) < 4.78 is 5.07. The highest BCUT2D eigenvalue weighted by Crippen LogP contribution is 2.26. The Balaban J connectivity index is 3.41. The van der Waals surface area contributed by atoms with E-state index >= 15 is 0 Å². The smallest absolute Gasteiger partial charge is 0.341 e. The van der Waals surface area contributed by atoms with Crippen LogP contribution < -0.4 is 0 Å². The Morgan fingerprint density at radius 1 is 1.24 bits per heavy atom. The average molecular weight is 236 g/mol. The normalized spacial score (nSPS) is 11.4. The Labute approximate surface area is 102 Å². The third-order valence-electron chi connectivity index (χ3n) is 2.39. The van der Waals surface area contributed by atoms with E-state index in [0.717, 1.165) is 5.69 Å². The van der Waals surface area contributed by atoms with Gasteiger partial charge < -0.3 is 4.74 Å². The molecule has 1 rings (SSSR count). The minimum absolute atomic E-state index is 0.208. The maximum absolute atomic E-state index is 11.9. The number of hydrogen-bond donors (Lipinski definition) is 0. The summed E-state index contributed by atoms with van der Waals surface area (Å²) in [7, 11) is 0. The van der Waals surface area contributed by atoms with Crippen LogP contribution in [0.4, 0.5) is 0 Å². The predicted octanol–water partition coefficient (Wildman–Crippen LogP) is 2.57. The van der Waals surface area contributed by atoms with Crippen LogP contribution in [0.3, 0.4) is 0 Å². The van der Waals surface area contributed by atoms with Crippen molar-refractivity contribution in [2.75, 3.05) is 6.61 Å². The van der Waals surface area contributed by atoms with Crippen molar-refractivity contribution in [3.05, 3.63) is 22.8 Å². The van der Waals surface area contributed by atoms with E-state index in [4.69, 9.17) is 4.74 Å². The molecule has 1 aromatic rings. The van der Waals surface area contributed by atoms with Gasteiger partial charge in [0.05, 0.1) is 18.0 Å². The van der Waals surface area contributed by atoms with Crippen molar-refractivity contribution in [2.45, 2.75) is 47.0 Å². The minimum Gasteiger partial charge on any atom is -0.462 e. The number of aryl methyl sites for hydroxylation is 2. The lowest BCUT2D eigenvalue weighted by atomic mass is 9.88. The molecule has 1 heterocycles. The van der Waals surface area contributed by atoms with Crippen LogP contribution in [0.15, 0.2) is 0 Å². The fourth-order valence-electron chi connectivity index (χ4n) is 1.70. The van der Waals surface area contributed by atoms with Crippen LogP contribution in [0, 0.1) is 13.8 Å². The quantitative estimate of drug-likeness (QED) is 0.740. The summed E-state index contributed by atoms with van der Waals surface area (Å²) in [5.41, 5.74) is 1.73. The first-order chi connectivity index (χ1) is 7.77. The molecular weight excluding hydrogens is 216 g/mol. The number of ether oxygens (including phenoxy) is 1. The molecule has 0 bridgehead atoms. The monoisotopic (exact) mass is 236 g/mol. The van der Waals surface area contributed by atoms with Crippen molar-refractivity contribution < 1.29 is 9.53 Å². The molecule has 0 aliphatic rings. The molecule has 4 nitrogen and oxygen atoms in total. The SMILES string of the molecule is CCOC(=O)c1c(C)nc(C)nc1C(C)(C)C. The fourth-order valence-corrected chi connectivity index (χ4v) is 1.70. The molecular formula is C13H20N2O2. The zero-order valence-corrected chi connectivity index (χ0v) is 11.4. The molecule has 0 spiro atoms. The Kier molecular flexibility index (Phi) is 3.86. The number of aromatic nitrogens is 2. The van der Waals surface area contributed by atoms with Gasteiger partial charge in [-0.2, -0.15) is 0 Å². The first kappa shape index (κ1) is 13.6. The van der Waals surface area contributed by atoms with Crippen molar-refractivity contribution in [1.82, 2.24) is 9.97 Å². The Morgan fingerprint density at radius 2 is 1.82 bits per heavy atom. The van der Waals surface area contributed by atoms with Crippen LogP contribution in [-0.2, 0) is 10.2 Å². The van der Waals surface area contributed by atoms with Gasteiger partial charge in [-0.15, -0.1) is 0 Å². The van der Waals surface area contributed by atoms with Crippen LogP contribution in [0.5, 0.6) is 0 Å². The lowest BCUT2D eigenvalue weighted by molar-refractivity contribution is 0.0521. The van der Waals surface area contributed by atoms with Crippen LogP contribution in [0.1, 0.15) is 55.3 Å². The highest BCUT2D eigenvalue weighted by atomic mass is 16.5. The lowest BCUT2D eigenvalue weighted by Crippen LogP contribution is -2.23. The van der Waals surface area contributed by atoms with E-state index in [2.05, 4.69) is 9.97 Å². The standard InChI is InChI=1S/C13H20N2O2/c1-7-17-12(16)10-8(2)14-9(3)15-11(10)13(4,5)6/h7H2,1-6H3. The van der Waals surface area contributed by atoms with Crippen LogP contribution >= 0.6 is 0 Å². The van der Waals surface area contributed by atoms with Gasteiger partial charge in [-0.3, -0.25) is 0 Å². The summed E-state index contributed by atoms with van der Waals surface area (Å²) >= 11 is 0. The molecule has 0 saturated carbocycles. The van der Waals surface area contributed by atoms with E-state index in [9.17, 15) is 4.79 Å². The molecule has 0 aliphatic heterocycles. The average Bonchev–Trinajstić information content (AvgIpc) is 2.15. The second-order valence-electron chi connectivity index (χ2n) is 5.05. The molecule has 0 aliphatic carbocycles. The predicted molar refractivity (Wildman–Crippen MR) is 66.2 cm³/mol. The number of carbonyl (C=O) groups excluding carboxylic acids is 1. The largest absolute Gasteiger partial charge is 0.462 e. The Morgan fingerprint density at radius 3 is 2.29 bits per heavy atom. The zero-order chi connectivity index (χ0) is 13.2. The van der Waals surface area contributed by atoms with Gasteiger partial charge >= 0.3 is 5.97 Å². The summed E-state index contributed by atoms with van der Waals surface area (Å²) in [4.78, 5) is 20.6. The number of rotatable bonds is 2. The van der Waals surface area contributed by atoms with Gasteiger partial charge in [0.15, 0.2) is 0 Å². The first-order valence-corrected chi connectivity index (χ1v) is 5.80. The second kappa shape index (κ2) is 4.82. The molecule has 1 aromatic heterocycles. The summed E-state index contributed by atoms with van der Waals surface area (Å²) in [6.07, 6.45) is 0. The lowest BCUT2D eigenvalue weighted by Gasteiger charge is -2.22. The molecule has 0 saturated heterocycles. The van der Waals surface area contributed by atoms with Crippen molar-refractivity contribution >= 4 is 5.97 Å². The molecule has 17 heavy (non-hydrogen) atoms. The summed E-state index contributed by atoms with van der Waals surface area (Å²) in [5, 5.41) is 0. The number of hydrogen-bond acceptors (Lipinski definition) is 4. The summed E-state index contributed by atoms with van der Waals surface area (Å²) in [6, 6.07) is 0. The van der Waals surface area contributed by atoms with E-state index in [0.29, 0.717) is 23.7 Å². The third-order valence-corrected chi connectivity index (χ3v) is 2.39. The van der Waals surface area contributed by atoms with Gasteiger partial charge in [-0.1, -0.05) is 20.8 Å². The van der Waals surface area contributed by atoms with Gasteiger partial charge in [0.25, 0.3) is 0 Å². The summed E-state index contributed by atoms with van der Waals surface area (Å²) in [5.74, 6) is 0.343. The van der Waals surface area contributed by atoms with Crippen LogP contribution in [-0.4, -0.2) is 22.5 Å². The van der Waals surface area contributed by atoms with Crippen LogP contribution in [0.2, 0.25) is 0 Å². The van der Waals surface area contributed by atoms with Crippen molar-refractivity contribution in [3.63, 3.8) is 0 Å². The van der Waals surface area contributed by atoms with E-state index in [-0.39, 0.29) is 11.4 Å². The van der Waals surface area contributed by atoms with E-state index in [1.165, 1.54) is 0 Å². The molecule has 0 atom stereocenters. The highest BCUT2D eigenvalue weighted by molar-refractivity contribution is 5.92.